The lowest BCUT2D eigenvalue weighted by atomic mass is 9.74. The van der Waals surface area contributed by atoms with Crippen molar-refractivity contribution in [1.82, 2.24) is 0 Å². The number of hydrogen-bond donors (Lipinski definition) is 0. The molecule has 0 spiro atoms. The lowest BCUT2D eigenvalue weighted by molar-refractivity contribution is 0.204. The molecule has 0 nitrogen and oxygen atoms in total. The van der Waals surface area contributed by atoms with E-state index in [2.05, 4.69) is 27.7 Å². The Balaban J connectivity index is 2.47. The van der Waals surface area contributed by atoms with Gasteiger partial charge in [-0.2, -0.15) is 0 Å². The molecule has 0 radical (unpaired) electrons. The predicted molar refractivity (Wildman–Crippen MR) is 73.7 cm³/mol. The van der Waals surface area contributed by atoms with Crippen LogP contribution in [0.2, 0.25) is 0 Å². The highest BCUT2D eigenvalue weighted by molar-refractivity contribution is 4.76. The maximum absolute atomic E-state index is 2.47. The molecule has 0 aromatic rings. The molecule has 1 aliphatic rings. The summed E-state index contributed by atoms with van der Waals surface area (Å²) in [6.07, 6.45) is 14.5. The van der Waals surface area contributed by atoms with E-state index in [1.54, 1.807) is 0 Å². The highest BCUT2D eigenvalue weighted by atomic mass is 14.3. The lowest BCUT2D eigenvalue weighted by Gasteiger charge is -2.32. The maximum Gasteiger partial charge on any atom is -0.0354 e. The fraction of sp³-hybridized carbons (Fsp3) is 1.00. The zero-order chi connectivity index (χ0) is 12.1. The molecule has 0 amide bonds. The predicted octanol–water partition coefficient (Wildman–Crippen LogP) is 5.95. The van der Waals surface area contributed by atoms with E-state index in [4.69, 9.17) is 0 Å². The third kappa shape index (κ3) is 5.92. The normalized spacial score (nSPS) is 27.8. The van der Waals surface area contributed by atoms with Gasteiger partial charge in [0.05, 0.1) is 0 Å². The summed E-state index contributed by atoms with van der Waals surface area (Å²) in [6, 6.07) is 0. The summed E-state index contributed by atoms with van der Waals surface area (Å²) in [5.74, 6) is 0. The van der Waals surface area contributed by atoms with E-state index in [0.29, 0.717) is 10.8 Å². The van der Waals surface area contributed by atoms with Crippen LogP contribution < -0.4 is 0 Å². The highest BCUT2D eigenvalue weighted by Crippen LogP contribution is 2.37. The van der Waals surface area contributed by atoms with Crippen LogP contribution in [0.3, 0.4) is 0 Å². The molecule has 0 unspecified atom stereocenters. The molecule has 0 aromatic carbocycles. The summed E-state index contributed by atoms with van der Waals surface area (Å²) >= 11 is 0. The van der Waals surface area contributed by atoms with Gasteiger partial charge in [-0.1, -0.05) is 66.2 Å². The van der Waals surface area contributed by atoms with Crippen LogP contribution >= 0.6 is 0 Å². The number of rotatable bonds is 0. The van der Waals surface area contributed by atoms with Crippen LogP contribution in [0.1, 0.15) is 91.9 Å². The third-order valence-corrected chi connectivity index (χ3v) is 4.44. The van der Waals surface area contributed by atoms with E-state index >= 15 is 0 Å². The molecule has 1 saturated carbocycles. The van der Waals surface area contributed by atoms with Crippen molar-refractivity contribution < 1.29 is 0 Å². The average molecular weight is 224 g/mol. The Morgan fingerprint density at radius 3 is 1.12 bits per heavy atom. The van der Waals surface area contributed by atoms with Gasteiger partial charge in [-0.3, -0.25) is 0 Å². The first kappa shape index (κ1) is 14.1. The molecule has 1 rings (SSSR count). The smallest absolute Gasteiger partial charge is 0.0354 e. The first-order valence-electron chi connectivity index (χ1n) is 7.41. The fourth-order valence-corrected chi connectivity index (χ4v) is 2.84. The zero-order valence-corrected chi connectivity index (χ0v) is 12.1. The first-order valence-corrected chi connectivity index (χ1v) is 7.41. The van der Waals surface area contributed by atoms with Gasteiger partial charge in [-0.05, 0) is 36.5 Å². The van der Waals surface area contributed by atoms with Crippen molar-refractivity contribution in [3.8, 4) is 0 Å². The lowest BCUT2D eigenvalue weighted by Crippen LogP contribution is -2.18. The summed E-state index contributed by atoms with van der Waals surface area (Å²) < 4.78 is 0. The van der Waals surface area contributed by atoms with Crippen LogP contribution in [-0.4, -0.2) is 0 Å². The van der Waals surface area contributed by atoms with Crippen molar-refractivity contribution >= 4 is 0 Å². The van der Waals surface area contributed by atoms with Crippen LogP contribution in [0.5, 0.6) is 0 Å². The van der Waals surface area contributed by atoms with Gasteiger partial charge in [0.1, 0.15) is 0 Å². The Bertz CT molecular complexity index is 166. The molecule has 0 heteroatoms. The van der Waals surface area contributed by atoms with Gasteiger partial charge < -0.3 is 0 Å². The Labute approximate surface area is 103 Å². The first-order chi connectivity index (χ1) is 7.41. The molecule has 0 heterocycles. The van der Waals surface area contributed by atoms with E-state index in [0.717, 1.165) is 0 Å². The van der Waals surface area contributed by atoms with Gasteiger partial charge in [0.2, 0.25) is 0 Å². The number of hydrogen-bond acceptors (Lipinski definition) is 0. The second kappa shape index (κ2) is 6.07. The summed E-state index contributed by atoms with van der Waals surface area (Å²) in [6.45, 7) is 9.87. The topological polar surface area (TPSA) is 0 Å². The van der Waals surface area contributed by atoms with Gasteiger partial charge >= 0.3 is 0 Å². The van der Waals surface area contributed by atoms with Crippen LogP contribution in [0, 0.1) is 10.8 Å². The van der Waals surface area contributed by atoms with E-state index < -0.39 is 0 Å². The summed E-state index contributed by atoms with van der Waals surface area (Å²) in [7, 11) is 0. The van der Waals surface area contributed by atoms with Gasteiger partial charge in [0.25, 0.3) is 0 Å². The van der Waals surface area contributed by atoms with Crippen molar-refractivity contribution in [3.63, 3.8) is 0 Å². The van der Waals surface area contributed by atoms with Gasteiger partial charge in [0.15, 0.2) is 0 Å². The minimum Gasteiger partial charge on any atom is -0.0599 e. The minimum atomic E-state index is 0.580. The van der Waals surface area contributed by atoms with Gasteiger partial charge in [0, 0.05) is 0 Å². The van der Waals surface area contributed by atoms with Crippen LogP contribution in [0.25, 0.3) is 0 Å². The average Bonchev–Trinajstić information content (AvgIpc) is 2.18. The molecule has 0 saturated heterocycles. The summed E-state index contributed by atoms with van der Waals surface area (Å²) in [4.78, 5) is 0. The Morgan fingerprint density at radius 1 is 0.438 bits per heavy atom. The van der Waals surface area contributed by atoms with Crippen LogP contribution in [-0.2, 0) is 0 Å². The Hall–Kier alpha value is 0. The molecule has 0 N–H and O–H groups in total. The van der Waals surface area contributed by atoms with E-state index in [1.807, 2.05) is 0 Å². The largest absolute Gasteiger partial charge is 0.0599 e. The quantitative estimate of drug-likeness (QED) is 0.476. The zero-order valence-electron chi connectivity index (χ0n) is 12.1. The van der Waals surface area contributed by atoms with E-state index in [-0.39, 0.29) is 0 Å². The molecule has 0 aromatic heterocycles. The summed E-state index contributed by atoms with van der Waals surface area (Å²) in [5, 5.41) is 0. The van der Waals surface area contributed by atoms with Crippen molar-refractivity contribution in [3.05, 3.63) is 0 Å². The van der Waals surface area contributed by atoms with E-state index in [1.165, 1.54) is 64.2 Å². The van der Waals surface area contributed by atoms with E-state index in [9.17, 15) is 0 Å². The molecule has 1 aliphatic carbocycles. The fourth-order valence-electron chi connectivity index (χ4n) is 2.84. The molecule has 0 aliphatic heterocycles. The molecule has 96 valence electrons. The van der Waals surface area contributed by atoms with Crippen LogP contribution in [0.15, 0.2) is 0 Å². The Morgan fingerprint density at radius 2 is 0.750 bits per heavy atom. The van der Waals surface area contributed by atoms with Gasteiger partial charge in [-0.25, -0.2) is 0 Å². The highest BCUT2D eigenvalue weighted by Gasteiger charge is 2.24. The standard InChI is InChI=1S/C16H32/c1-15(2)11-9-7-5-6-8-10-12-16(3,4)14-13-15/h5-14H2,1-4H3. The van der Waals surface area contributed by atoms with Crippen molar-refractivity contribution in [2.75, 3.05) is 0 Å². The Kier molecular flexibility index (Phi) is 5.34. The minimum absolute atomic E-state index is 0.580. The summed E-state index contributed by atoms with van der Waals surface area (Å²) in [5.41, 5.74) is 1.16. The maximum atomic E-state index is 2.47. The molecule has 0 bridgehead atoms. The molecule has 0 atom stereocenters. The second-order valence-electron chi connectivity index (χ2n) is 7.45. The van der Waals surface area contributed by atoms with Gasteiger partial charge in [-0.15, -0.1) is 0 Å². The van der Waals surface area contributed by atoms with Crippen molar-refractivity contribution in [2.45, 2.75) is 91.9 Å². The van der Waals surface area contributed by atoms with Crippen molar-refractivity contribution in [1.29, 1.82) is 0 Å². The van der Waals surface area contributed by atoms with Crippen molar-refractivity contribution in [2.24, 2.45) is 10.8 Å². The monoisotopic (exact) mass is 224 g/mol. The SMILES string of the molecule is CC1(C)CCCCCCCCC(C)(C)CC1. The van der Waals surface area contributed by atoms with Crippen LogP contribution in [0.4, 0.5) is 0 Å². The second-order valence-corrected chi connectivity index (χ2v) is 7.45. The molecule has 1 fully saturated rings. The molecular weight excluding hydrogens is 192 g/mol. The molecule has 16 heavy (non-hydrogen) atoms. The third-order valence-electron chi connectivity index (χ3n) is 4.44. The molecular formula is C16H32.